The first-order valence-corrected chi connectivity index (χ1v) is 10.0. The molecule has 2 N–H and O–H groups in total. The van der Waals surface area contributed by atoms with Gasteiger partial charge >= 0.3 is 0 Å². The van der Waals surface area contributed by atoms with Crippen molar-refractivity contribution >= 4 is 0 Å². The molecule has 0 saturated heterocycles. The van der Waals surface area contributed by atoms with E-state index in [9.17, 15) is 0 Å². The molecule has 2 aromatic carbocycles. The summed E-state index contributed by atoms with van der Waals surface area (Å²) in [7, 11) is 0. The van der Waals surface area contributed by atoms with Gasteiger partial charge in [-0.3, -0.25) is 4.98 Å². The van der Waals surface area contributed by atoms with Crippen LogP contribution in [-0.2, 0) is 12.0 Å². The molecule has 1 unspecified atom stereocenters. The second kappa shape index (κ2) is 7.69. The van der Waals surface area contributed by atoms with Gasteiger partial charge in [0.2, 0.25) is 0 Å². The average molecular weight is 383 g/mol. The lowest BCUT2D eigenvalue weighted by Gasteiger charge is -2.36. The minimum atomic E-state index is -0.663. The number of fused-ring (bicyclic) bond motifs is 1. The molecule has 4 nitrogen and oxygen atoms in total. The van der Waals surface area contributed by atoms with Gasteiger partial charge in [-0.25, -0.2) is 0 Å². The molecule has 1 atom stereocenters. The Morgan fingerprint density at radius 1 is 1.07 bits per heavy atom. The van der Waals surface area contributed by atoms with Crippen LogP contribution < -0.4 is 10.5 Å². The van der Waals surface area contributed by atoms with Crippen molar-refractivity contribution in [3.05, 3.63) is 83.2 Å². The van der Waals surface area contributed by atoms with Crippen molar-refractivity contribution in [3.8, 4) is 22.9 Å². The maximum absolute atomic E-state index is 8.98. The largest absolute Gasteiger partial charge is 0.491 e. The summed E-state index contributed by atoms with van der Waals surface area (Å²) in [6.07, 6.45) is 3.48. The summed E-state index contributed by atoms with van der Waals surface area (Å²) in [4.78, 5) is 4.64. The third-order valence-corrected chi connectivity index (χ3v) is 5.53. The molecule has 0 fully saturated rings. The summed E-state index contributed by atoms with van der Waals surface area (Å²) in [5.74, 6) is 1.39. The van der Waals surface area contributed by atoms with Crippen molar-refractivity contribution in [2.45, 2.75) is 32.2 Å². The van der Waals surface area contributed by atoms with Crippen LogP contribution >= 0.6 is 0 Å². The molecule has 0 aliphatic carbocycles. The molecule has 0 radical (unpaired) electrons. The maximum Gasteiger partial charge on any atom is 0.146 e. The Morgan fingerprint density at radius 2 is 1.72 bits per heavy atom. The zero-order valence-corrected chi connectivity index (χ0v) is 16.9. The molecule has 4 rings (SSSR count). The Balaban J connectivity index is 1.69. The van der Waals surface area contributed by atoms with E-state index in [1.807, 2.05) is 36.5 Å². The van der Waals surface area contributed by atoms with Crippen molar-refractivity contribution < 1.29 is 4.74 Å². The number of nitrogens with zero attached hydrogens (tertiary/aromatic N) is 2. The maximum atomic E-state index is 8.98. The van der Waals surface area contributed by atoms with E-state index in [0.717, 1.165) is 34.6 Å². The molecule has 1 aliphatic rings. The van der Waals surface area contributed by atoms with Crippen LogP contribution in [0, 0.1) is 17.2 Å². The lowest BCUT2D eigenvalue weighted by molar-refractivity contribution is 0.229. The Kier molecular flexibility index (Phi) is 5.08. The quantitative estimate of drug-likeness (QED) is 0.702. The summed E-state index contributed by atoms with van der Waals surface area (Å²) in [6.45, 7) is 4.98. The monoisotopic (exact) mass is 383 g/mol. The van der Waals surface area contributed by atoms with E-state index >= 15 is 0 Å². The zero-order chi connectivity index (χ0) is 20.4. The van der Waals surface area contributed by atoms with Crippen LogP contribution in [-0.4, -0.2) is 11.6 Å². The molecular formula is C25H25N3O. The zero-order valence-electron chi connectivity index (χ0n) is 16.9. The average Bonchev–Trinajstić information content (AvgIpc) is 2.74. The van der Waals surface area contributed by atoms with E-state index in [1.165, 1.54) is 5.56 Å². The number of rotatable bonds is 4. The molecule has 146 valence electrons. The molecule has 0 saturated carbocycles. The second-order valence-electron chi connectivity index (χ2n) is 8.08. The summed E-state index contributed by atoms with van der Waals surface area (Å²) >= 11 is 0. The highest BCUT2D eigenvalue weighted by Crippen LogP contribution is 2.41. The first-order valence-electron chi connectivity index (χ1n) is 10.0. The molecule has 2 heterocycles. The Hall–Kier alpha value is -3.16. The van der Waals surface area contributed by atoms with Crippen LogP contribution in [0.3, 0.4) is 0 Å². The molecule has 1 aliphatic heterocycles. The normalized spacial score (nSPS) is 18.0. The summed E-state index contributed by atoms with van der Waals surface area (Å²) in [5, 5.41) is 8.98. The number of nitriles is 1. The van der Waals surface area contributed by atoms with Gasteiger partial charge in [-0.2, -0.15) is 5.26 Å². The molecule has 1 aromatic heterocycles. The van der Waals surface area contributed by atoms with Gasteiger partial charge in [0.05, 0.1) is 23.8 Å². The summed E-state index contributed by atoms with van der Waals surface area (Å²) in [6, 6.07) is 20.1. The smallest absolute Gasteiger partial charge is 0.146 e. The molecule has 0 spiro atoms. The highest BCUT2D eigenvalue weighted by Gasteiger charge is 2.38. The summed E-state index contributed by atoms with van der Waals surface area (Å²) in [5.41, 5.74) is 12.1. The van der Waals surface area contributed by atoms with Crippen LogP contribution in [0.15, 0.2) is 60.8 Å². The second-order valence-corrected chi connectivity index (χ2v) is 8.08. The lowest BCUT2D eigenvalue weighted by atomic mass is 9.81. The first-order chi connectivity index (χ1) is 14.0. The fourth-order valence-corrected chi connectivity index (χ4v) is 3.98. The van der Waals surface area contributed by atoms with Gasteiger partial charge in [-0.15, -0.1) is 0 Å². The van der Waals surface area contributed by atoms with Crippen LogP contribution in [0.1, 0.15) is 42.7 Å². The Morgan fingerprint density at radius 3 is 2.34 bits per heavy atom. The van der Waals surface area contributed by atoms with Crippen LogP contribution in [0.5, 0.6) is 5.75 Å². The Bertz CT molecular complexity index is 1050. The minimum Gasteiger partial charge on any atom is -0.491 e. The third-order valence-electron chi connectivity index (χ3n) is 5.53. The number of benzene rings is 2. The fourth-order valence-electron chi connectivity index (χ4n) is 3.98. The predicted molar refractivity (Wildman–Crippen MR) is 114 cm³/mol. The number of nitrogens with two attached hydrogens (primary N) is 1. The van der Waals surface area contributed by atoms with Crippen molar-refractivity contribution in [3.63, 3.8) is 0 Å². The van der Waals surface area contributed by atoms with Crippen molar-refractivity contribution in [1.82, 2.24) is 4.98 Å². The van der Waals surface area contributed by atoms with Gasteiger partial charge in [0, 0.05) is 12.6 Å². The number of pyridine rings is 1. The van der Waals surface area contributed by atoms with E-state index < -0.39 is 5.54 Å². The van der Waals surface area contributed by atoms with Crippen LogP contribution in [0.4, 0.5) is 0 Å². The van der Waals surface area contributed by atoms with Crippen molar-refractivity contribution in [1.29, 1.82) is 5.26 Å². The standard InChI is InChI=1S/C25H25N3O/c1-17(2)15-21-11-13-28-24-23(21)29-14-12-25(24,27)22-9-7-20(8-10-22)19-5-3-18(16-26)4-6-19/h3-11,13,17H,12,14-15,27H2,1-2H3. The van der Waals surface area contributed by atoms with Gasteiger partial charge in [0.1, 0.15) is 11.4 Å². The molecule has 3 aromatic rings. The fraction of sp³-hybridized carbons (Fsp3) is 0.280. The minimum absolute atomic E-state index is 0.533. The van der Waals surface area contributed by atoms with Crippen molar-refractivity contribution in [2.24, 2.45) is 11.7 Å². The third kappa shape index (κ3) is 3.62. The van der Waals surface area contributed by atoms with Gasteiger partial charge < -0.3 is 10.5 Å². The van der Waals surface area contributed by atoms with Gasteiger partial charge in [0.25, 0.3) is 0 Å². The highest BCUT2D eigenvalue weighted by atomic mass is 16.5. The Labute approximate surface area is 172 Å². The number of hydrogen-bond donors (Lipinski definition) is 1. The van der Waals surface area contributed by atoms with E-state index in [-0.39, 0.29) is 0 Å². The van der Waals surface area contributed by atoms with E-state index in [2.05, 4.69) is 49.2 Å². The van der Waals surface area contributed by atoms with E-state index in [1.54, 1.807) is 0 Å². The number of ether oxygens (including phenoxy) is 1. The molecule has 0 amide bonds. The molecular weight excluding hydrogens is 358 g/mol. The first kappa shape index (κ1) is 19.2. The van der Waals surface area contributed by atoms with Gasteiger partial charge in [-0.05, 0) is 52.8 Å². The lowest BCUT2D eigenvalue weighted by Crippen LogP contribution is -2.43. The van der Waals surface area contributed by atoms with Gasteiger partial charge in [0.15, 0.2) is 0 Å². The highest BCUT2D eigenvalue weighted by molar-refractivity contribution is 5.65. The molecule has 29 heavy (non-hydrogen) atoms. The van der Waals surface area contributed by atoms with Crippen molar-refractivity contribution in [2.75, 3.05) is 6.61 Å². The van der Waals surface area contributed by atoms with Gasteiger partial charge in [-0.1, -0.05) is 50.2 Å². The van der Waals surface area contributed by atoms with E-state index in [0.29, 0.717) is 24.5 Å². The van der Waals surface area contributed by atoms with Crippen LogP contribution in [0.2, 0.25) is 0 Å². The predicted octanol–water partition coefficient (Wildman–Crippen LogP) is 4.80. The molecule has 4 heteroatoms. The number of hydrogen-bond acceptors (Lipinski definition) is 4. The number of aromatic nitrogens is 1. The molecule has 0 bridgehead atoms. The SMILES string of the molecule is CC(C)Cc1ccnc2c1OCCC2(N)c1ccc(-c2ccc(C#N)cc2)cc1. The summed E-state index contributed by atoms with van der Waals surface area (Å²) < 4.78 is 6.02. The van der Waals surface area contributed by atoms with Crippen LogP contribution in [0.25, 0.3) is 11.1 Å². The van der Waals surface area contributed by atoms with E-state index in [4.69, 9.17) is 15.7 Å². The topological polar surface area (TPSA) is 71.9 Å².